The smallest absolute Gasteiger partial charge is 0.256 e. The van der Waals surface area contributed by atoms with Crippen molar-refractivity contribution in [1.82, 2.24) is 4.31 Å². The maximum absolute atomic E-state index is 13.2. The van der Waals surface area contributed by atoms with Gasteiger partial charge in [-0.1, -0.05) is 42.8 Å². The molecule has 0 radical (unpaired) electrons. The van der Waals surface area contributed by atoms with Gasteiger partial charge in [0, 0.05) is 24.2 Å². The van der Waals surface area contributed by atoms with E-state index in [0.29, 0.717) is 35.6 Å². The van der Waals surface area contributed by atoms with Crippen LogP contribution in [0.2, 0.25) is 0 Å². The van der Waals surface area contributed by atoms with Crippen LogP contribution in [0.25, 0.3) is 0 Å². The highest BCUT2D eigenvalue weighted by molar-refractivity contribution is 7.89. The molecule has 0 saturated carbocycles. The van der Waals surface area contributed by atoms with E-state index in [-0.39, 0.29) is 16.4 Å². The maximum atomic E-state index is 13.2. The van der Waals surface area contributed by atoms with Gasteiger partial charge in [-0.2, -0.15) is 4.31 Å². The second-order valence-corrected chi connectivity index (χ2v) is 10.2. The van der Waals surface area contributed by atoms with Crippen LogP contribution in [-0.2, 0) is 10.0 Å². The minimum Gasteiger partial charge on any atom is -0.320 e. The first kappa shape index (κ1) is 23.7. The molecule has 8 heteroatoms. The number of carbonyl (C=O) groups excluding carboxylic acids is 2. The summed E-state index contributed by atoms with van der Waals surface area (Å²) in [7, 11) is -3.67. The van der Waals surface area contributed by atoms with Gasteiger partial charge in [-0.15, -0.1) is 0 Å². The average Bonchev–Trinajstić information content (AvgIpc) is 2.86. The largest absolute Gasteiger partial charge is 0.320 e. The van der Waals surface area contributed by atoms with Gasteiger partial charge in [0.1, 0.15) is 0 Å². The molecular weight excluding hydrogens is 450 g/mol. The number of benzene rings is 3. The Morgan fingerprint density at radius 2 is 1.35 bits per heavy atom. The molecule has 1 fully saturated rings. The molecular formula is C26H27N3O4S. The first-order valence-electron chi connectivity index (χ1n) is 11.2. The number of hydrogen-bond acceptors (Lipinski definition) is 4. The highest BCUT2D eigenvalue weighted by Gasteiger charge is 2.27. The summed E-state index contributed by atoms with van der Waals surface area (Å²) in [5, 5.41) is 5.64. The number of anilines is 2. The third kappa shape index (κ3) is 5.18. The zero-order valence-electron chi connectivity index (χ0n) is 19.0. The fourth-order valence-electron chi connectivity index (χ4n) is 3.94. The van der Waals surface area contributed by atoms with Crippen molar-refractivity contribution in [1.29, 1.82) is 0 Å². The molecule has 0 aliphatic carbocycles. The molecule has 1 heterocycles. The summed E-state index contributed by atoms with van der Waals surface area (Å²) in [4.78, 5) is 25.9. The fourth-order valence-corrected chi connectivity index (χ4v) is 5.48. The molecule has 1 saturated heterocycles. The minimum atomic E-state index is -3.67. The predicted molar refractivity (Wildman–Crippen MR) is 133 cm³/mol. The van der Waals surface area contributed by atoms with Crippen molar-refractivity contribution >= 4 is 33.2 Å². The second kappa shape index (κ2) is 10.2. The van der Waals surface area contributed by atoms with Crippen LogP contribution in [0.15, 0.2) is 77.7 Å². The van der Waals surface area contributed by atoms with E-state index in [1.165, 1.54) is 10.4 Å². The number of hydrogen-bond donors (Lipinski definition) is 2. The number of nitrogens with zero attached hydrogens (tertiary/aromatic N) is 1. The second-order valence-electron chi connectivity index (χ2n) is 8.26. The summed E-state index contributed by atoms with van der Waals surface area (Å²) in [6, 6.07) is 20.3. The lowest BCUT2D eigenvalue weighted by molar-refractivity contribution is 0.101. The van der Waals surface area contributed by atoms with Gasteiger partial charge in [-0.3, -0.25) is 9.59 Å². The first-order valence-corrected chi connectivity index (χ1v) is 12.7. The fraction of sp³-hybridized carbons (Fsp3) is 0.231. The lowest BCUT2D eigenvalue weighted by Gasteiger charge is -2.26. The molecule has 7 nitrogen and oxygen atoms in total. The normalized spacial score (nSPS) is 14.4. The van der Waals surface area contributed by atoms with Gasteiger partial charge in [-0.05, 0) is 61.7 Å². The van der Waals surface area contributed by atoms with Gasteiger partial charge in [-0.25, -0.2) is 8.42 Å². The Morgan fingerprint density at radius 3 is 2.00 bits per heavy atom. The van der Waals surface area contributed by atoms with E-state index in [0.717, 1.165) is 19.3 Å². The van der Waals surface area contributed by atoms with Crippen molar-refractivity contribution in [3.63, 3.8) is 0 Å². The summed E-state index contributed by atoms with van der Waals surface area (Å²) >= 11 is 0. The molecule has 2 amide bonds. The topological polar surface area (TPSA) is 95.6 Å². The number of rotatable bonds is 6. The monoisotopic (exact) mass is 477 g/mol. The standard InChI is InChI=1S/C26H27N3O4S/c1-19-14-15-21(34(32,33)29-16-8-3-9-17-29)18-22(19)26(31)28-24-13-7-6-12-23(24)27-25(30)20-10-4-2-5-11-20/h2,4-7,10-15,18H,3,8-9,16-17H2,1H3,(H,27,30)(H,28,31). The van der Waals surface area contributed by atoms with E-state index in [4.69, 9.17) is 0 Å². The SMILES string of the molecule is Cc1ccc(S(=O)(=O)N2CCCCC2)cc1C(=O)Nc1ccccc1NC(=O)c1ccccc1. The third-order valence-corrected chi connectivity index (χ3v) is 7.76. The van der Waals surface area contributed by atoms with Crippen molar-refractivity contribution in [2.75, 3.05) is 23.7 Å². The number of piperidine rings is 1. The molecule has 0 bridgehead atoms. The van der Waals surface area contributed by atoms with E-state index < -0.39 is 15.9 Å². The molecule has 176 valence electrons. The summed E-state index contributed by atoms with van der Waals surface area (Å²) in [6.45, 7) is 2.74. The van der Waals surface area contributed by atoms with E-state index in [9.17, 15) is 18.0 Å². The van der Waals surface area contributed by atoms with Crippen molar-refractivity contribution in [3.8, 4) is 0 Å². The zero-order chi connectivity index (χ0) is 24.1. The molecule has 0 unspecified atom stereocenters. The van der Waals surface area contributed by atoms with E-state index >= 15 is 0 Å². The third-order valence-electron chi connectivity index (χ3n) is 5.87. The molecule has 0 aromatic heterocycles. The Hall–Kier alpha value is -3.49. The van der Waals surface area contributed by atoms with Gasteiger partial charge in [0.2, 0.25) is 10.0 Å². The Kier molecular flexibility index (Phi) is 7.09. The van der Waals surface area contributed by atoms with E-state index in [1.54, 1.807) is 67.6 Å². The molecule has 3 aromatic carbocycles. The Balaban J connectivity index is 1.57. The molecule has 2 N–H and O–H groups in total. The van der Waals surface area contributed by atoms with Crippen molar-refractivity contribution < 1.29 is 18.0 Å². The van der Waals surface area contributed by atoms with Gasteiger partial charge >= 0.3 is 0 Å². The minimum absolute atomic E-state index is 0.107. The number of aryl methyl sites for hydroxylation is 1. The number of carbonyl (C=O) groups is 2. The number of sulfonamides is 1. The van der Waals surface area contributed by atoms with Crippen LogP contribution in [0, 0.1) is 6.92 Å². The van der Waals surface area contributed by atoms with Crippen LogP contribution in [0.4, 0.5) is 11.4 Å². The highest BCUT2D eigenvalue weighted by atomic mass is 32.2. The quantitative estimate of drug-likeness (QED) is 0.539. The Bertz CT molecular complexity index is 1300. The number of nitrogens with one attached hydrogen (secondary N) is 2. The van der Waals surface area contributed by atoms with E-state index in [1.807, 2.05) is 6.07 Å². The van der Waals surface area contributed by atoms with Crippen LogP contribution in [0.1, 0.15) is 45.5 Å². The Morgan fingerprint density at radius 1 is 0.765 bits per heavy atom. The highest BCUT2D eigenvalue weighted by Crippen LogP contribution is 2.26. The van der Waals surface area contributed by atoms with Gasteiger partial charge in [0.05, 0.1) is 16.3 Å². The molecule has 0 spiro atoms. The summed E-state index contributed by atoms with van der Waals surface area (Å²) in [6.07, 6.45) is 2.70. The van der Waals surface area contributed by atoms with Crippen LogP contribution in [0.5, 0.6) is 0 Å². The van der Waals surface area contributed by atoms with Gasteiger partial charge in [0.25, 0.3) is 11.8 Å². The van der Waals surface area contributed by atoms with E-state index in [2.05, 4.69) is 10.6 Å². The van der Waals surface area contributed by atoms with Crippen LogP contribution in [-0.4, -0.2) is 37.6 Å². The van der Waals surface area contributed by atoms with Crippen LogP contribution >= 0.6 is 0 Å². The summed E-state index contributed by atoms with van der Waals surface area (Å²) in [5.41, 5.74) is 2.28. The van der Waals surface area contributed by atoms with Crippen LogP contribution in [0.3, 0.4) is 0 Å². The lowest BCUT2D eigenvalue weighted by atomic mass is 10.1. The molecule has 1 aliphatic rings. The van der Waals surface area contributed by atoms with Crippen molar-refractivity contribution in [3.05, 3.63) is 89.5 Å². The summed E-state index contributed by atoms with van der Waals surface area (Å²) < 4.78 is 27.7. The molecule has 4 rings (SSSR count). The summed E-state index contributed by atoms with van der Waals surface area (Å²) in [5.74, 6) is -0.747. The number of amides is 2. The van der Waals surface area contributed by atoms with Crippen LogP contribution < -0.4 is 10.6 Å². The van der Waals surface area contributed by atoms with Gasteiger partial charge in [0.15, 0.2) is 0 Å². The molecule has 34 heavy (non-hydrogen) atoms. The van der Waals surface area contributed by atoms with Gasteiger partial charge < -0.3 is 10.6 Å². The first-order chi connectivity index (χ1) is 16.4. The molecule has 0 atom stereocenters. The zero-order valence-corrected chi connectivity index (χ0v) is 19.8. The predicted octanol–water partition coefficient (Wildman–Crippen LogP) is 4.67. The van der Waals surface area contributed by atoms with Crippen molar-refractivity contribution in [2.24, 2.45) is 0 Å². The van der Waals surface area contributed by atoms with Crippen molar-refractivity contribution in [2.45, 2.75) is 31.1 Å². The molecule has 3 aromatic rings. The number of para-hydroxylation sites is 2. The Labute approximate surface area is 199 Å². The maximum Gasteiger partial charge on any atom is 0.256 e. The molecule has 1 aliphatic heterocycles. The average molecular weight is 478 g/mol. The lowest BCUT2D eigenvalue weighted by Crippen LogP contribution is -2.35.